The first kappa shape index (κ1) is 22.6. The topological polar surface area (TPSA) is 112 Å². The van der Waals surface area contributed by atoms with Gasteiger partial charge in [0.2, 0.25) is 0 Å². The summed E-state index contributed by atoms with van der Waals surface area (Å²) in [4.78, 5) is 0. The Morgan fingerprint density at radius 2 is 1.12 bits per heavy atom. The van der Waals surface area contributed by atoms with Crippen LogP contribution < -0.4 is 0 Å². The van der Waals surface area contributed by atoms with Crippen molar-refractivity contribution in [2.24, 2.45) is 0 Å². The smallest absolute Gasteiger partial charge is 0.759 e. The van der Waals surface area contributed by atoms with Gasteiger partial charge in [0.1, 0.15) is 0 Å². The molecule has 0 aromatic carbocycles. The molecule has 0 spiro atoms. The van der Waals surface area contributed by atoms with Gasteiger partial charge in [-0.3, -0.25) is 8.42 Å². The summed E-state index contributed by atoms with van der Waals surface area (Å²) in [7, 11) is -5.17. The molecule has 0 heterocycles. The molecule has 0 aliphatic carbocycles. The Bertz CT molecular complexity index is 95.6. The van der Waals surface area contributed by atoms with E-state index in [0.717, 1.165) is 0 Å². The molecule has 0 unspecified atom stereocenters. The Hall–Kier alpha value is 1.62. The predicted octanol–water partition coefficient (Wildman–Crippen LogP) is -2.92. The average Bonchev–Trinajstić information content (AvgIpc) is 0.722. The Labute approximate surface area is 87.5 Å². The Morgan fingerprint density at radius 3 is 1.12 bits per heavy atom. The van der Waals surface area contributed by atoms with Crippen molar-refractivity contribution in [2.75, 3.05) is 0 Å². The SMILES string of the molecule is O.O=S(=O)([O-])[O-].[Al+3].[Ca+2]. The molecular formula is H2AlCaO5S+3. The molecule has 0 aliphatic rings. The van der Waals surface area contributed by atoms with Gasteiger partial charge in [0, 0.05) is 10.4 Å². The summed E-state index contributed by atoms with van der Waals surface area (Å²) in [5.41, 5.74) is 0. The zero-order valence-corrected chi connectivity index (χ0v) is 8.01. The molecule has 0 amide bonds. The molecule has 0 rings (SSSR count). The predicted molar refractivity (Wildman–Crippen MR) is 25.6 cm³/mol. The van der Waals surface area contributed by atoms with Crippen LogP contribution in [0.3, 0.4) is 0 Å². The van der Waals surface area contributed by atoms with Crippen LogP contribution in [0.1, 0.15) is 0 Å². The Kier molecular flexibility index (Phi) is 24.4. The van der Waals surface area contributed by atoms with Crippen molar-refractivity contribution in [1.29, 1.82) is 0 Å². The molecule has 0 aromatic heterocycles. The van der Waals surface area contributed by atoms with E-state index in [9.17, 15) is 0 Å². The van der Waals surface area contributed by atoms with Gasteiger partial charge in [-0.25, -0.2) is 0 Å². The summed E-state index contributed by atoms with van der Waals surface area (Å²) in [6.45, 7) is 0. The molecule has 0 aromatic rings. The van der Waals surface area contributed by atoms with E-state index < -0.39 is 10.4 Å². The van der Waals surface area contributed by atoms with Gasteiger partial charge in [-0.15, -0.1) is 0 Å². The van der Waals surface area contributed by atoms with Crippen molar-refractivity contribution >= 4 is 65.5 Å². The summed E-state index contributed by atoms with van der Waals surface area (Å²) < 4.78 is 34.1. The van der Waals surface area contributed by atoms with E-state index in [-0.39, 0.29) is 60.6 Å². The van der Waals surface area contributed by atoms with Gasteiger partial charge in [-0.1, -0.05) is 0 Å². The van der Waals surface area contributed by atoms with Crippen LogP contribution in [0.4, 0.5) is 0 Å². The van der Waals surface area contributed by atoms with Crippen LogP contribution in [0.5, 0.6) is 0 Å². The summed E-state index contributed by atoms with van der Waals surface area (Å²) in [5, 5.41) is 0. The molecule has 0 saturated carbocycles. The fourth-order valence-corrected chi connectivity index (χ4v) is 0. The minimum atomic E-state index is -5.17. The third-order valence-electron chi connectivity index (χ3n) is 0. The Morgan fingerprint density at radius 1 is 1.12 bits per heavy atom. The summed E-state index contributed by atoms with van der Waals surface area (Å²) >= 11 is 0. The third kappa shape index (κ3) is 127. The molecule has 0 atom stereocenters. The number of hydrogen-bond donors (Lipinski definition) is 0. The number of hydrogen-bond acceptors (Lipinski definition) is 4. The first-order valence-electron chi connectivity index (χ1n) is 0.667. The summed E-state index contributed by atoms with van der Waals surface area (Å²) in [5.74, 6) is 0. The molecule has 0 saturated heterocycles. The largest absolute Gasteiger partial charge is 3.00 e. The molecule has 0 fully saturated rings. The van der Waals surface area contributed by atoms with Crippen LogP contribution in [0.25, 0.3) is 0 Å². The second kappa shape index (κ2) is 8.62. The van der Waals surface area contributed by atoms with Gasteiger partial charge >= 0.3 is 55.1 Å². The molecule has 40 valence electrons. The average molecular weight is 181 g/mol. The van der Waals surface area contributed by atoms with Gasteiger partial charge in [0.25, 0.3) is 0 Å². The van der Waals surface area contributed by atoms with E-state index in [4.69, 9.17) is 17.5 Å². The first-order valence-corrected chi connectivity index (χ1v) is 2.00. The van der Waals surface area contributed by atoms with E-state index in [0.29, 0.717) is 0 Å². The Balaban J connectivity index is -0.0000000267. The van der Waals surface area contributed by atoms with E-state index in [1.54, 1.807) is 0 Å². The minimum absolute atomic E-state index is 0. The quantitative estimate of drug-likeness (QED) is 0.226. The van der Waals surface area contributed by atoms with Crippen LogP contribution in [-0.4, -0.2) is 78.1 Å². The van der Waals surface area contributed by atoms with Crippen molar-refractivity contribution in [3.8, 4) is 0 Å². The van der Waals surface area contributed by atoms with E-state index in [1.807, 2.05) is 0 Å². The fourth-order valence-electron chi connectivity index (χ4n) is 0. The number of rotatable bonds is 0. The zero-order chi connectivity index (χ0) is 4.50. The standard InChI is InChI=1S/Al.Ca.H2O4S.H2O/c;;1-5(2,3)4;/h;;(H2,1,2,3,4);1H2/q+3;+2;;/p-2. The van der Waals surface area contributed by atoms with E-state index in [1.165, 1.54) is 0 Å². The van der Waals surface area contributed by atoms with Crippen molar-refractivity contribution in [2.45, 2.75) is 0 Å². The maximum Gasteiger partial charge on any atom is 3.00 e. The van der Waals surface area contributed by atoms with Gasteiger partial charge < -0.3 is 14.6 Å². The molecular weight excluding hydrogens is 179 g/mol. The zero-order valence-electron chi connectivity index (χ0n) is 3.83. The van der Waals surface area contributed by atoms with Gasteiger partial charge in [0.15, 0.2) is 0 Å². The first-order chi connectivity index (χ1) is 2.00. The van der Waals surface area contributed by atoms with Crippen LogP contribution in [0.15, 0.2) is 0 Å². The fraction of sp³-hybridized carbons (Fsp3) is 0. The maximum atomic E-state index is 8.52. The van der Waals surface area contributed by atoms with Crippen LogP contribution >= 0.6 is 0 Å². The van der Waals surface area contributed by atoms with Crippen LogP contribution in [0.2, 0.25) is 0 Å². The van der Waals surface area contributed by atoms with Crippen molar-refractivity contribution in [3.63, 3.8) is 0 Å². The molecule has 5 nitrogen and oxygen atoms in total. The monoisotopic (exact) mass is 181 g/mol. The minimum Gasteiger partial charge on any atom is -0.759 e. The van der Waals surface area contributed by atoms with Crippen LogP contribution in [-0.2, 0) is 10.4 Å². The van der Waals surface area contributed by atoms with Crippen molar-refractivity contribution in [3.05, 3.63) is 0 Å². The molecule has 0 aliphatic heterocycles. The molecule has 0 bridgehead atoms. The second-order valence-corrected chi connectivity index (χ2v) is 1.22. The van der Waals surface area contributed by atoms with Gasteiger partial charge in [-0.05, 0) is 0 Å². The molecule has 8 heavy (non-hydrogen) atoms. The van der Waals surface area contributed by atoms with Gasteiger partial charge in [-0.2, -0.15) is 0 Å². The second-order valence-electron chi connectivity index (χ2n) is 0.408. The maximum absolute atomic E-state index is 8.52. The third-order valence-corrected chi connectivity index (χ3v) is 0. The van der Waals surface area contributed by atoms with Crippen LogP contribution in [0, 0.1) is 0 Å². The normalized spacial score (nSPS) is 7.25. The van der Waals surface area contributed by atoms with E-state index >= 15 is 0 Å². The van der Waals surface area contributed by atoms with Crippen molar-refractivity contribution < 1.29 is 23.0 Å². The summed E-state index contributed by atoms with van der Waals surface area (Å²) in [6.07, 6.45) is 0. The molecule has 0 radical (unpaired) electrons. The molecule has 2 N–H and O–H groups in total. The van der Waals surface area contributed by atoms with Crippen molar-refractivity contribution in [1.82, 2.24) is 0 Å². The van der Waals surface area contributed by atoms with Gasteiger partial charge in [0.05, 0.1) is 0 Å². The molecule has 8 heteroatoms. The van der Waals surface area contributed by atoms with E-state index in [2.05, 4.69) is 0 Å². The summed E-state index contributed by atoms with van der Waals surface area (Å²) in [6, 6.07) is 0.